The molecule has 0 saturated carbocycles. The molecule has 202 valence electrons. The lowest BCUT2D eigenvalue weighted by Crippen LogP contribution is -2.59. The van der Waals surface area contributed by atoms with Crippen LogP contribution in [0, 0.1) is 11.8 Å². The summed E-state index contributed by atoms with van der Waals surface area (Å²) in [5, 5.41) is 26.1. The first kappa shape index (κ1) is 30.6. The number of carboxylic acid groups (broad SMARTS) is 2. The van der Waals surface area contributed by atoms with Crippen LogP contribution in [0.3, 0.4) is 0 Å². The van der Waals surface area contributed by atoms with Crippen molar-refractivity contribution < 1.29 is 34.2 Å². The highest BCUT2D eigenvalue weighted by atomic mass is 16.4. The van der Waals surface area contributed by atoms with Gasteiger partial charge in [0, 0.05) is 24.7 Å². The fourth-order valence-corrected chi connectivity index (χ4v) is 3.40. The SMILES string of the molecule is CCC(C)C(NC(=O)C(Cc1cnc[nH]1)NC(=O)C(NC(=O)C(N)CCC(=O)O)C(C)CC)C(=O)O. The van der Waals surface area contributed by atoms with Gasteiger partial charge in [0.15, 0.2) is 0 Å². The summed E-state index contributed by atoms with van der Waals surface area (Å²) in [7, 11) is 0. The maximum atomic E-state index is 13.2. The van der Waals surface area contributed by atoms with E-state index in [4.69, 9.17) is 10.8 Å². The number of carbonyl (C=O) groups excluding carboxylic acids is 3. The Labute approximate surface area is 210 Å². The summed E-state index contributed by atoms with van der Waals surface area (Å²) in [5.41, 5.74) is 6.32. The number of rotatable bonds is 16. The van der Waals surface area contributed by atoms with Gasteiger partial charge >= 0.3 is 11.9 Å². The molecular formula is C23H38N6O7. The Morgan fingerprint density at radius 2 is 1.53 bits per heavy atom. The molecule has 0 aliphatic carbocycles. The summed E-state index contributed by atoms with van der Waals surface area (Å²) >= 11 is 0. The number of aromatic amines is 1. The first-order valence-corrected chi connectivity index (χ1v) is 12.0. The standard InChI is InChI=1S/C23H38N6O7/c1-5-12(3)18(28-20(32)15(24)7-8-17(30)31)22(34)27-16(9-14-10-25-11-26-14)21(33)29-19(23(35)36)13(4)6-2/h10-13,15-16,18-19H,5-9,24H2,1-4H3,(H,25,26)(H,27,34)(H,28,32)(H,29,33)(H,30,31)(H,35,36). The molecule has 1 rings (SSSR count). The minimum absolute atomic E-state index is 0.00369. The van der Waals surface area contributed by atoms with E-state index in [1.807, 2.05) is 6.92 Å². The summed E-state index contributed by atoms with van der Waals surface area (Å²) in [6, 6.07) is -4.49. The average Bonchev–Trinajstić information content (AvgIpc) is 3.35. The number of hydrogen-bond donors (Lipinski definition) is 7. The number of nitrogens with two attached hydrogens (primary N) is 1. The topological polar surface area (TPSA) is 217 Å². The molecule has 0 aromatic carbocycles. The highest BCUT2D eigenvalue weighted by Crippen LogP contribution is 2.12. The molecule has 36 heavy (non-hydrogen) atoms. The molecule has 1 heterocycles. The fraction of sp³-hybridized carbons (Fsp3) is 0.652. The highest BCUT2D eigenvalue weighted by Gasteiger charge is 2.33. The number of nitrogens with one attached hydrogen (secondary N) is 4. The molecular weight excluding hydrogens is 472 g/mol. The van der Waals surface area contributed by atoms with Crippen molar-refractivity contribution in [2.24, 2.45) is 17.6 Å². The lowest BCUT2D eigenvalue weighted by atomic mass is 9.96. The molecule has 6 unspecified atom stereocenters. The molecule has 0 bridgehead atoms. The lowest BCUT2D eigenvalue weighted by molar-refractivity contribution is -0.144. The Balaban J connectivity index is 3.09. The van der Waals surface area contributed by atoms with Gasteiger partial charge in [0.05, 0.1) is 12.4 Å². The molecule has 3 amide bonds. The van der Waals surface area contributed by atoms with Crippen LogP contribution < -0.4 is 21.7 Å². The second kappa shape index (κ2) is 14.8. The van der Waals surface area contributed by atoms with Crippen LogP contribution in [0.25, 0.3) is 0 Å². The van der Waals surface area contributed by atoms with E-state index in [0.29, 0.717) is 18.5 Å². The molecule has 0 aliphatic rings. The van der Waals surface area contributed by atoms with Crippen molar-refractivity contribution in [3.8, 4) is 0 Å². The second-order valence-corrected chi connectivity index (χ2v) is 8.96. The van der Waals surface area contributed by atoms with E-state index in [1.54, 1.807) is 20.8 Å². The number of nitrogens with zero attached hydrogens (tertiary/aromatic N) is 1. The van der Waals surface area contributed by atoms with Crippen LogP contribution in [0.1, 0.15) is 59.1 Å². The van der Waals surface area contributed by atoms with Gasteiger partial charge in [-0.2, -0.15) is 0 Å². The van der Waals surface area contributed by atoms with Gasteiger partial charge in [-0.15, -0.1) is 0 Å². The zero-order valence-electron chi connectivity index (χ0n) is 21.1. The molecule has 0 aliphatic heterocycles. The molecule has 8 N–H and O–H groups in total. The molecule has 13 heteroatoms. The van der Waals surface area contributed by atoms with Crippen molar-refractivity contribution in [2.75, 3.05) is 0 Å². The van der Waals surface area contributed by atoms with Crippen LogP contribution in [-0.4, -0.2) is 74.0 Å². The minimum atomic E-state index is -1.19. The van der Waals surface area contributed by atoms with E-state index in [0.717, 1.165) is 0 Å². The third-order valence-corrected chi connectivity index (χ3v) is 6.19. The molecule has 0 saturated heterocycles. The second-order valence-electron chi connectivity index (χ2n) is 8.96. The molecule has 0 radical (unpaired) electrons. The molecule has 0 spiro atoms. The van der Waals surface area contributed by atoms with Gasteiger partial charge in [-0.05, 0) is 18.3 Å². The maximum absolute atomic E-state index is 13.2. The monoisotopic (exact) mass is 510 g/mol. The number of amides is 3. The smallest absolute Gasteiger partial charge is 0.326 e. The average molecular weight is 511 g/mol. The van der Waals surface area contributed by atoms with Crippen molar-refractivity contribution in [2.45, 2.75) is 84.0 Å². The van der Waals surface area contributed by atoms with Crippen LogP contribution in [0.2, 0.25) is 0 Å². The molecule has 13 nitrogen and oxygen atoms in total. The Kier molecular flexibility index (Phi) is 12.6. The predicted molar refractivity (Wildman–Crippen MR) is 129 cm³/mol. The van der Waals surface area contributed by atoms with Crippen molar-refractivity contribution in [3.05, 3.63) is 18.2 Å². The number of carboxylic acids is 2. The maximum Gasteiger partial charge on any atom is 0.326 e. The van der Waals surface area contributed by atoms with Gasteiger partial charge in [-0.3, -0.25) is 19.2 Å². The van der Waals surface area contributed by atoms with Gasteiger partial charge in [-0.25, -0.2) is 9.78 Å². The zero-order valence-corrected chi connectivity index (χ0v) is 21.1. The van der Waals surface area contributed by atoms with Crippen LogP contribution in [0.4, 0.5) is 0 Å². The van der Waals surface area contributed by atoms with Crippen molar-refractivity contribution >= 4 is 29.7 Å². The summed E-state index contributed by atoms with van der Waals surface area (Å²) in [6.07, 6.45) is 3.50. The first-order chi connectivity index (χ1) is 16.9. The van der Waals surface area contributed by atoms with Gasteiger partial charge in [0.2, 0.25) is 17.7 Å². The van der Waals surface area contributed by atoms with Gasteiger partial charge in [0.1, 0.15) is 18.1 Å². The Hall–Kier alpha value is -3.48. The van der Waals surface area contributed by atoms with Crippen molar-refractivity contribution in [1.82, 2.24) is 25.9 Å². The number of aromatic nitrogens is 2. The summed E-state index contributed by atoms with van der Waals surface area (Å²) in [4.78, 5) is 68.1. The Morgan fingerprint density at radius 1 is 0.944 bits per heavy atom. The molecule has 6 atom stereocenters. The first-order valence-electron chi connectivity index (χ1n) is 12.0. The normalized spacial score (nSPS) is 16.0. The third-order valence-electron chi connectivity index (χ3n) is 6.19. The number of imidazole rings is 1. The van der Waals surface area contributed by atoms with E-state index >= 15 is 0 Å². The highest BCUT2D eigenvalue weighted by molar-refractivity contribution is 5.94. The largest absolute Gasteiger partial charge is 0.481 e. The minimum Gasteiger partial charge on any atom is -0.481 e. The lowest BCUT2D eigenvalue weighted by Gasteiger charge is -2.28. The number of aliphatic carboxylic acids is 2. The quantitative estimate of drug-likeness (QED) is 0.156. The Bertz CT molecular complexity index is 892. The van der Waals surface area contributed by atoms with E-state index in [-0.39, 0.29) is 31.1 Å². The van der Waals surface area contributed by atoms with Gasteiger partial charge in [0.25, 0.3) is 0 Å². The predicted octanol–water partition coefficient (Wildman–Crippen LogP) is -0.224. The molecule has 0 fully saturated rings. The fourth-order valence-electron chi connectivity index (χ4n) is 3.40. The van der Waals surface area contributed by atoms with Crippen LogP contribution in [0.5, 0.6) is 0 Å². The van der Waals surface area contributed by atoms with Crippen LogP contribution in [0.15, 0.2) is 12.5 Å². The van der Waals surface area contributed by atoms with E-state index in [9.17, 15) is 29.1 Å². The van der Waals surface area contributed by atoms with E-state index in [1.165, 1.54) is 12.5 Å². The summed E-state index contributed by atoms with van der Waals surface area (Å²) < 4.78 is 0. The summed E-state index contributed by atoms with van der Waals surface area (Å²) in [6.45, 7) is 7.06. The van der Waals surface area contributed by atoms with E-state index in [2.05, 4.69) is 25.9 Å². The zero-order chi connectivity index (χ0) is 27.4. The molecule has 1 aromatic rings. The Morgan fingerprint density at radius 3 is 2.03 bits per heavy atom. The van der Waals surface area contributed by atoms with Crippen molar-refractivity contribution in [1.29, 1.82) is 0 Å². The van der Waals surface area contributed by atoms with E-state index < -0.39 is 53.8 Å². The number of H-pyrrole nitrogens is 1. The molecule has 1 aromatic heterocycles. The van der Waals surface area contributed by atoms with Crippen molar-refractivity contribution in [3.63, 3.8) is 0 Å². The number of hydrogen-bond acceptors (Lipinski definition) is 7. The van der Waals surface area contributed by atoms with Gasteiger partial charge in [-0.1, -0.05) is 40.5 Å². The van der Waals surface area contributed by atoms with Crippen LogP contribution >= 0.6 is 0 Å². The van der Waals surface area contributed by atoms with Gasteiger partial charge < -0.3 is 36.9 Å². The van der Waals surface area contributed by atoms with Crippen LogP contribution in [-0.2, 0) is 30.4 Å². The third kappa shape index (κ3) is 9.64. The number of carbonyl (C=O) groups is 5. The summed E-state index contributed by atoms with van der Waals surface area (Å²) in [5.74, 6) is -5.02.